The smallest absolute Gasteiger partial charge is 0.416 e. The Bertz CT molecular complexity index is 1160. The third-order valence-corrected chi connectivity index (χ3v) is 4.47. The fourth-order valence-electron chi connectivity index (χ4n) is 2.88. The summed E-state index contributed by atoms with van der Waals surface area (Å²) in [5.41, 5.74) is -2.61. The number of nitrogens with zero attached hydrogens (tertiary/aromatic N) is 1. The van der Waals surface area contributed by atoms with Gasteiger partial charge in [-0.1, -0.05) is 18.2 Å². The average molecular weight is 481 g/mol. The second kappa shape index (κ2) is 9.98. The van der Waals surface area contributed by atoms with Crippen LogP contribution in [0.2, 0.25) is 0 Å². The summed E-state index contributed by atoms with van der Waals surface area (Å²) in [7, 11) is 0. The van der Waals surface area contributed by atoms with Gasteiger partial charge in [-0.05, 0) is 60.5 Å². The Balaban J connectivity index is 1.91. The lowest BCUT2D eigenvalue weighted by atomic mass is 10.0. The number of esters is 1. The van der Waals surface area contributed by atoms with Gasteiger partial charge in [0, 0.05) is 12.4 Å². The number of carbonyl (C=O) groups is 1. The monoisotopic (exact) mass is 481 g/mol. The van der Waals surface area contributed by atoms with Crippen molar-refractivity contribution >= 4 is 18.1 Å². The quantitative estimate of drug-likeness (QED) is 0.218. The van der Waals surface area contributed by atoms with E-state index >= 15 is 0 Å². The fourth-order valence-corrected chi connectivity index (χ4v) is 2.88. The summed E-state index contributed by atoms with van der Waals surface area (Å²) in [6, 6.07) is 8.53. The average Bonchev–Trinajstić information content (AvgIpc) is 2.78. The maximum absolute atomic E-state index is 13.1. The minimum Gasteiger partial charge on any atom is -0.490 e. The van der Waals surface area contributed by atoms with E-state index in [9.17, 15) is 31.1 Å². The standard InChI is InChI=1S/C24H17F6NO3/c1-2-33-21-11-16(4-3-15-7-9-31-10-8-15)5-6-20(21)34-22(32)17-12-18(23(25,26)27)14-19(13-17)24(28,29)30/h3-14H,2H2,1H3/b4-3+. The number of pyridine rings is 1. The molecule has 2 aromatic carbocycles. The summed E-state index contributed by atoms with van der Waals surface area (Å²) in [4.78, 5) is 16.4. The number of benzene rings is 2. The number of alkyl halides is 6. The Morgan fingerprint density at radius 2 is 1.41 bits per heavy atom. The molecule has 178 valence electrons. The van der Waals surface area contributed by atoms with Crippen LogP contribution in [0.15, 0.2) is 60.9 Å². The number of rotatable bonds is 6. The Kier molecular flexibility index (Phi) is 7.29. The largest absolute Gasteiger partial charge is 0.490 e. The Morgan fingerprint density at radius 1 is 0.824 bits per heavy atom. The topological polar surface area (TPSA) is 48.4 Å². The van der Waals surface area contributed by atoms with Crippen LogP contribution in [0.5, 0.6) is 11.5 Å². The van der Waals surface area contributed by atoms with Crippen molar-refractivity contribution in [3.8, 4) is 11.5 Å². The first kappa shape index (κ1) is 24.8. The van der Waals surface area contributed by atoms with Gasteiger partial charge in [0.25, 0.3) is 0 Å². The summed E-state index contributed by atoms with van der Waals surface area (Å²) < 4.78 is 89.0. The highest BCUT2D eigenvalue weighted by Gasteiger charge is 2.37. The van der Waals surface area contributed by atoms with E-state index in [-0.39, 0.29) is 24.2 Å². The maximum atomic E-state index is 13.1. The molecule has 0 unspecified atom stereocenters. The molecular formula is C24H17F6NO3. The molecule has 1 heterocycles. The van der Waals surface area contributed by atoms with Crippen LogP contribution in [0.25, 0.3) is 12.2 Å². The number of aromatic nitrogens is 1. The van der Waals surface area contributed by atoms with E-state index in [2.05, 4.69) is 4.98 Å². The molecule has 0 saturated carbocycles. The molecule has 4 nitrogen and oxygen atoms in total. The molecule has 0 fully saturated rings. The van der Waals surface area contributed by atoms with E-state index in [0.29, 0.717) is 17.7 Å². The minimum absolute atomic E-state index is 0.0632. The van der Waals surface area contributed by atoms with E-state index in [1.807, 2.05) is 0 Å². The van der Waals surface area contributed by atoms with Gasteiger partial charge in [-0.3, -0.25) is 4.98 Å². The SMILES string of the molecule is CCOc1cc(/C=C/c2ccncc2)ccc1OC(=O)c1cc(C(F)(F)F)cc(C(F)(F)F)c1. The van der Waals surface area contributed by atoms with E-state index in [4.69, 9.17) is 9.47 Å². The van der Waals surface area contributed by atoms with Crippen LogP contribution < -0.4 is 9.47 Å². The lowest BCUT2D eigenvalue weighted by molar-refractivity contribution is -0.143. The number of halogens is 6. The van der Waals surface area contributed by atoms with Gasteiger partial charge in [0.1, 0.15) is 0 Å². The Hall–Kier alpha value is -3.82. The molecule has 0 saturated heterocycles. The number of ether oxygens (including phenoxy) is 2. The van der Waals surface area contributed by atoms with Crippen molar-refractivity contribution in [1.29, 1.82) is 0 Å². The predicted octanol–water partition coefficient (Wildman–Crippen LogP) is 6.91. The zero-order valence-electron chi connectivity index (χ0n) is 17.6. The molecule has 0 bridgehead atoms. The van der Waals surface area contributed by atoms with Crippen molar-refractivity contribution < 1.29 is 40.6 Å². The highest BCUT2D eigenvalue weighted by Crippen LogP contribution is 2.37. The number of hydrogen-bond donors (Lipinski definition) is 0. The predicted molar refractivity (Wildman–Crippen MR) is 112 cm³/mol. The Labute approximate surface area is 190 Å². The highest BCUT2D eigenvalue weighted by molar-refractivity contribution is 5.92. The van der Waals surface area contributed by atoms with E-state index in [1.165, 1.54) is 12.1 Å². The molecule has 0 spiro atoms. The van der Waals surface area contributed by atoms with Gasteiger partial charge in [-0.2, -0.15) is 26.3 Å². The van der Waals surface area contributed by atoms with Crippen LogP contribution in [0.3, 0.4) is 0 Å². The van der Waals surface area contributed by atoms with Crippen molar-refractivity contribution in [2.24, 2.45) is 0 Å². The summed E-state index contributed by atoms with van der Waals surface area (Å²) >= 11 is 0. The molecule has 1 aromatic heterocycles. The van der Waals surface area contributed by atoms with Crippen molar-refractivity contribution in [2.45, 2.75) is 19.3 Å². The highest BCUT2D eigenvalue weighted by atomic mass is 19.4. The molecule has 3 aromatic rings. The summed E-state index contributed by atoms with van der Waals surface area (Å²) in [5.74, 6) is -1.45. The van der Waals surface area contributed by atoms with Gasteiger partial charge in [0.15, 0.2) is 11.5 Å². The van der Waals surface area contributed by atoms with Crippen LogP contribution in [-0.4, -0.2) is 17.6 Å². The molecule has 10 heteroatoms. The molecule has 0 aliphatic carbocycles. The van der Waals surface area contributed by atoms with E-state index in [0.717, 1.165) is 5.56 Å². The minimum atomic E-state index is -5.09. The summed E-state index contributed by atoms with van der Waals surface area (Å²) in [6.45, 7) is 1.83. The van der Waals surface area contributed by atoms with Crippen LogP contribution in [0.4, 0.5) is 26.3 Å². The molecular weight excluding hydrogens is 464 g/mol. The lowest BCUT2D eigenvalue weighted by Gasteiger charge is -2.15. The first-order valence-electron chi connectivity index (χ1n) is 9.84. The second-order valence-electron chi connectivity index (χ2n) is 6.94. The summed E-state index contributed by atoms with van der Waals surface area (Å²) in [5, 5.41) is 0. The first-order chi connectivity index (χ1) is 16.0. The van der Waals surface area contributed by atoms with Gasteiger partial charge < -0.3 is 9.47 Å². The first-order valence-corrected chi connectivity index (χ1v) is 9.84. The molecule has 34 heavy (non-hydrogen) atoms. The number of carbonyl (C=O) groups excluding carboxylic acids is 1. The van der Waals surface area contributed by atoms with Gasteiger partial charge in [-0.15, -0.1) is 0 Å². The Morgan fingerprint density at radius 3 is 1.97 bits per heavy atom. The second-order valence-corrected chi connectivity index (χ2v) is 6.94. The third kappa shape index (κ3) is 6.37. The van der Waals surface area contributed by atoms with Crippen molar-refractivity contribution in [2.75, 3.05) is 6.61 Å². The van der Waals surface area contributed by atoms with Gasteiger partial charge in [0.05, 0.1) is 23.3 Å². The lowest BCUT2D eigenvalue weighted by Crippen LogP contribution is -2.16. The molecule has 0 amide bonds. The molecule has 0 N–H and O–H groups in total. The van der Waals surface area contributed by atoms with Crippen molar-refractivity contribution in [3.05, 3.63) is 88.7 Å². The van der Waals surface area contributed by atoms with Gasteiger partial charge in [0.2, 0.25) is 0 Å². The van der Waals surface area contributed by atoms with Crippen LogP contribution in [0.1, 0.15) is 39.5 Å². The van der Waals surface area contributed by atoms with Crippen LogP contribution >= 0.6 is 0 Å². The zero-order valence-corrected chi connectivity index (χ0v) is 17.6. The van der Waals surface area contributed by atoms with Crippen molar-refractivity contribution in [3.63, 3.8) is 0 Å². The molecule has 0 aliphatic heterocycles. The molecule has 0 radical (unpaired) electrons. The third-order valence-electron chi connectivity index (χ3n) is 4.47. The summed E-state index contributed by atoms with van der Waals surface area (Å²) in [6.07, 6.45) is -3.41. The molecule has 0 atom stereocenters. The van der Waals surface area contributed by atoms with Gasteiger partial charge >= 0.3 is 18.3 Å². The van der Waals surface area contributed by atoms with E-state index < -0.39 is 35.0 Å². The van der Waals surface area contributed by atoms with Crippen molar-refractivity contribution in [1.82, 2.24) is 4.98 Å². The van der Waals surface area contributed by atoms with E-state index in [1.54, 1.807) is 49.7 Å². The van der Waals surface area contributed by atoms with Crippen LogP contribution in [0, 0.1) is 0 Å². The van der Waals surface area contributed by atoms with Gasteiger partial charge in [-0.25, -0.2) is 4.79 Å². The molecule has 0 aliphatic rings. The fraction of sp³-hybridized carbons (Fsp3) is 0.167. The normalized spacial score (nSPS) is 12.1. The zero-order chi connectivity index (χ0) is 24.9. The van der Waals surface area contributed by atoms with Crippen LogP contribution in [-0.2, 0) is 12.4 Å². The maximum Gasteiger partial charge on any atom is 0.416 e. The number of hydrogen-bond acceptors (Lipinski definition) is 4. The molecule has 3 rings (SSSR count).